The van der Waals surface area contributed by atoms with Crippen LogP contribution < -0.4 is 21.3 Å². The quantitative estimate of drug-likeness (QED) is 0.397. The molecular weight excluding hydrogens is 456 g/mol. The average molecular weight is 491 g/mol. The van der Waals surface area contributed by atoms with Gasteiger partial charge in [0.2, 0.25) is 5.95 Å². The first-order valence-electron chi connectivity index (χ1n) is 11.9. The van der Waals surface area contributed by atoms with Crippen molar-refractivity contribution in [2.45, 2.75) is 81.7 Å². The zero-order valence-corrected chi connectivity index (χ0v) is 20.5. The van der Waals surface area contributed by atoms with E-state index in [2.05, 4.69) is 41.4 Å². The van der Waals surface area contributed by atoms with E-state index in [-0.39, 0.29) is 29.4 Å². The molecule has 2 aromatic heterocycles. The number of hydrogen-bond donors (Lipinski definition) is 5. The fourth-order valence-corrected chi connectivity index (χ4v) is 5.85. The number of rotatable bonds is 7. The van der Waals surface area contributed by atoms with Crippen LogP contribution in [0.5, 0.6) is 0 Å². The van der Waals surface area contributed by atoms with Crippen molar-refractivity contribution >= 4 is 33.5 Å². The first kappa shape index (κ1) is 24.2. The summed E-state index contributed by atoms with van der Waals surface area (Å²) in [6.07, 6.45) is 9.19. The zero-order chi connectivity index (χ0) is 24.1. The highest BCUT2D eigenvalue weighted by Crippen LogP contribution is 2.25. The molecule has 2 aliphatic carbocycles. The normalized spacial score (nSPS) is 25.4. The van der Waals surface area contributed by atoms with E-state index in [1.54, 1.807) is 12.3 Å². The number of aromatic nitrogens is 4. The van der Waals surface area contributed by atoms with Crippen LogP contribution in [-0.4, -0.2) is 64.2 Å². The molecule has 2 aromatic rings. The minimum absolute atomic E-state index is 0.0411. The lowest BCUT2D eigenvalue weighted by atomic mass is 9.91. The van der Waals surface area contributed by atoms with E-state index in [0.29, 0.717) is 43.3 Å². The van der Waals surface area contributed by atoms with E-state index < -0.39 is 9.84 Å². The number of nitrogens with one attached hydrogen (secondary N) is 5. The van der Waals surface area contributed by atoms with Crippen LogP contribution in [0.2, 0.25) is 0 Å². The Balaban J connectivity index is 1.17. The highest BCUT2D eigenvalue weighted by atomic mass is 32.2. The predicted octanol–water partition coefficient (Wildman–Crippen LogP) is 2.63. The molecule has 0 aliphatic heterocycles. The molecule has 2 amide bonds. The Labute approximate surface area is 200 Å². The van der Waals surface area contributed by atoms with Gasteiger partial charge in [0, 0.05) is 42.3 Å². The number of aryl methyl sites for hydroxylation is 1. The number of H-pyrrole nitrogens is 1. The van der Waals surface area contributed by atoms with Gasteiger partial charge in [0.15, 0.2) is 5.82 Å². The minimum Gasteiger partial charge on any atom is -0.351 e. The summed E-state index contributed by atoms with van der Waals surface area (Å²) in [6.45, 7) is 1.94. The Bertz CT molecular complexity index is 1070. The van der Waals surface area contributed by atoms with Gasteiger partial charge in [-0.05, 0) is 64.4 Å². The molecule has 11 nitrogen and oxygen atoms in total. The molecular formula is C22H34N8O3S. The number of urea groups is 1. The van der Waals surface area contributed by atoms with Crippen LogP contribution in [0.4, 0.5) is 22.4 Å². The van der Waals surface area contributed by atoms with Gasteiger partial charge < -0.3 is 21.3 Å². The van der Waals surface area contributed by atoms with Crippen molar-refractivity contribution < 1.29 is 13.2 Å². The second-order valence-corrected chi connectivity index (χ2v) is 11.8. The van der Waals surface area contributed by atoms with Crippen molar-refractivity contribution in [3.8, 4) is 0 Å². The molecule has 0 aromatic carbocycles. The summed E-state index contributed by atoms with van der Waals surface area (Å²) in [5.41, 5.74) is 0.966. The second kappa shape index (κ2) is 10.6. The largest absolute Gasteiger partial charge is 0.351 e. The molecule has 0 spiro atoms. The topological polar surface area (TPSA) is 154 Å². The number of carbonyl (C=O) groups is 1. The minimum atomic E-state index is -3.00. The van der Waals surface area contributed by atoms with Gasteiger partial charge in [-0.25, -0.2) is 18.2 Å². The SMILES string of the molecule is Cc1cc(Nc2ccnc(N[C@H]3CC[C@H](NC(=O)N[C@H]4CC[C@H](S(C)(=O)=O)CC4)CC3)n2)n[nH]1. The van der Waals surface area contributed by atoms with Crippen LogP contribution in [0.1, 0.15) is 57.1 Å². The summed E-state index contributed by atoms with van der Waals surface area (Å²) in [6, 6.07) is 3.95. The van der Waals surface area contributed by atoms with Crippen molar-refractivity contribution in [1.82, 2.24) is 30.8 Å². The van der Waals surface area contributed by atoms with Crippen molar-refractivity contribution in [3.63, 3.8) is 0 Å². The zero-order valence-electron chi connectivity index (χ0n) is 19.7. The molecule has 2 saturated carbocycles. The van der Waals surface area contributed by atoms with Gasteiger partial charge >= 0.3 is 6.03 Å². The molecule has 12 heteroatoms. The summed E-state index contributed by atoms with van der Waals surface area (Å²) >= 11 is 0. The molecule has 0 unspecified atom stereocenters. The Morgan fingerprint density at radius 3 is 2.18 bits per heavy atom. The number of amides is 2. The van der Waals surface area contributed by atoms with Gasteiger partial charge in [0.25, 0.3) is 0 Å². The monoisotopic (exact) mass is 490 g/mol. The number of aromatic amines is 1. The van der Waals surface area contributed by atoms with Crippen LogP contribution in [0.3, 0.4) is 0 Å². The molecule has 2 heterocycles. The highest BCUT2D eigenvalue weighted by Gasteiger charge is 2.29. The molecule has 186 valence electrons. The molecule has 0 saturated heterocycles. The highest BCUT2D eigenvalue weighted by molar-refractivity contribution is 7.91. The smallest absolute Gasteiger partial charge is 0.315 e. The van der Waals surface area contributed by atoms with Crippen LogP contribution >= 0.6 is 0 Å². The maximum atomic E-state index is 12.4. The van der Waals surface area contributed by atoms with Gasteiger partial charge in [-0.1, -0.05) is 0 Å². The van der Waals surface area contributed by atoms with Gasteiger partial charge in [0.1, 0.15) is 15.7 Å². The van der Waals surface area contributed by atoms with Crippen molar-refractivity contribution in [3.05, 3.63) is 24.0 Å². The van der Waals surface area contributed by atoms with Crippen LogP contribution in [0.25, 0.3) is 0 Å². The molecule has 0 radical (unpaired) electrons. The first-order valence-corrected chi connectivity index (χ1v) is 13.8. The van der Waals surface area contributed by atoms with E-state index in [1.165, 1.54) is 6.26 Å². The van der Waals surface area contributed by atoms with E-state index in [9.17, 15) is 13.2 Å². The maximum absolute atomic E-state index is 12.4. The molecule has 34 heavy (non-hydrogen) atoms. The maximum Gasteiger partial charge on any atom is 0.315 e. The van der Waals surface area contributed by atoms with Gasteiger partial charge in [-0.2, -0.15) is 10.1 Å². The summed E-state index contributed by atoms with van der Waals surface area (Å²) in [4.78, 5) is 21.3. The third-order valence-electron chi connectivity index (χ3n) is 6.63. The third-order valence-corrected chi connectivity index (χ3v) is 8.31. The molecule has 0 atom stereocenters. The Morgan fingerprint density at radius 1 is 0.971 bits per heavy atom. The Kier molecular flexibility index (Phi) is 7.54. The summed E-state index contributed by atoms with van der Waals surface area (Å²) in [7, 11) is -3.00. The lowest BCUT2D eigenvalue weighted by molar-refractivity contribution is 0.224. The Hall–Kier alpha value is -2.89. The average Bonchev–Trinajstić information content (AvgIpc) is 3.19. The second-order valence-electron chi connectivity index (χ2n) is 9.44. The molecule has 0 bridgehead atoms. The van der Waals surface area contributed by atoms with Crippen molar-refractivity contribution in [2.75, 3.05) is 16.9 Å². The van der Waals surface area contributed by atoms with E-state index >= 15 is 0 Å². The fraction of sp³-hybridized carbons (Fsp3) is 0.636. The summed E-state index contributed by atoms with van der Waals surface area (Å²) in [5, 5.41) is 19.4. The lowest BCUT2D eigenvalue weighted by Crippen LogP contribution is -2.49. The summed E-state index contributed by atoms with van der Waals surface area (Å²) in [5.74, 6) is 1.94. The summed E-state index contributed by atoms with van der Waals surface area (Å²) < 4.78 is 23.4. The fourth-order valence-electron chi connectivity index (χ4n) is 4.72. The van der Waals surface area contributed by atoms with Gasteiger partial charge in [-0.15, -0.1) is 0 Å². The van der Waals surface area contributed by atoms with Crippen molar-refractivity contribution in [1.29, 1.82) is 0 Å². The number of hydrogen-bond acceptors (Lipinski definition) is 8. The van der Waals surface area contributed by atoms with Crippen LogP contribution in [0, 0.1) is 6.92 Å². The first-order chi connectivity index (χ1) is 16.2. The number of carbonyl (C=O) groups excluding carboxylic acids is 1. The van der Waals surface area contributed by atoms with Crippen LogP contribution in [-0.2, 0) is 9.84 Å². The standard InChI is InChI=1S/C22H34N8O3S/c1-14-13-20(30-29-14)27-19-11-12-23-21(28-19)24-15-3-5-16(6-4-15)25-22(31)26-17-7-9-18(10-8-17)34(2,32)33/h11-13,15-18H,3-10H2,1-2H3,(H2,25,26,31)(H3,23,24,27,28,29,30)/t15-,16-,17-,18-. The number of nitrogens with zero attached hydrogens (tertiary/aromatic N) is 3. The third kappa shape index (κ3) is 6.81. The lowest BCUT2D eigenvalue weighted by Gasteiger charge is -2.31. The van der Waals surface area contributed by atoms with Crippen LogP contribution in [0.15, 0.2) is 18.3 Å². The van der Waals surface area contributed by atoms with E-state index in [1.807, 2.05) is 13.0 Å². The van der Waals surface area contributed by atoms with E-state index in [0.717, 1.165) is 31.4 Å². The molecule has 4 rings (SSSR count). The number of sulfone groups is 1. The van der Waals surface area contributed by atoms with Gasteiger partial charge in [0.05, 0.1) is 5.25 Å². The molecule has 5 N–H and O–H groups in total. The van der Waals surface area contributed by atoms with Crippen molar-refractivity contribution in [2.24, 2.45) is 0 Å². The van der Waals surface area contributed by atoms with Gasteiger partial charge in [-0.3, -0.25) is 5.10 Å². The Morgan fingerprint density at radius 2 is 1.59 bits per heavy atom. The van der Waals surface area contributed by atoms with E-state index in [4.69, 9.17) is 0 Å². The predicted molar refractivity (Wildman–Crippen MR) is 131 cm³/mol. The molecule has 2 fully saturated rings. The molecule has 2 aliphatic rings. The number of anilines is 3.